The van der Waals surface area contributed by atoms with Gasteiger partial charge in [-0.15, -0.1) is 0 Å². The standard InChI is InChI=1S/C12H14N6O/c1-17-6-8(5-14-17)7-18-11-9(15-12(18)13)3-4-10(16-11)19-2/h3-6H,7H2,1-2H3,(H2,13,15). The van der Waals surface area contributed by atoms with Gasteiger partial charge >= 0.3 is 0 Å². The lowest BCUT2D eigenvalue weighted by Crippen LogP contribution is -2.05. The Labute approximate surface area is 109 Å². The molecule has 3 aromatic heterocycles. The molecule has 0 saturated heterocycles. The third-order valence-corrected chi connectivity index (χ3v) is 2.90. The van der Waals surface area contributed by atoms with E-state index in [1.54, 1.807) is 24.1 Å². The molecule has 0 radical (unpaired) electrons. The summed E-state index contributed by atoms with van der Waals surface area (Å²) in [6, 6.07) is 3.61. The molecule has 7 heteroatoms. The average Bonchev–Trinajstić information content (AvgIpc) is 2.94. The molecular weight excluding hydrogens is 244 g/mol. The van der Waals surface area contributed by atoms with Crippen LogP contribution in [0.4, 0.5) is 5.95 Å². The fourth-order valence-electron chi connectivity index (χ4n) is 2.01. The molecule has 0 aromatic carbocycles. The van der Waals surface area contributed by atoms with Crippen LogP contribution in [-0.2, 0) is 13.6 Å². The monoisotopic (exact) mass is 258 g/mol. The molecule has 2 N–H and O–H groups in total. The van der Waals surface area contributed by atoms with E-state index in [1.165, 1.54) is 0 Å². The van der Waals surface area contributed by atoms with Gasteiger partial charge in [-0.05, 0) is 6.07 Å². The van der Waals surface area contributed by atoms with Crippen LogP contribution in [0.5, 0.6) is 5.88 Å². The number of aryl methyl sites for hydroxylation is 1. The first-order valence-electron chi connectivity index (χ1n) is 5.81. The first kappa shape index (κ1) is 11.5. The van der Waals surface area contributed by atoms with Gasteiger partial charge in [0.25, 0.3) is 0 Å². The normalized spacial score (nSPS) is 11.1. The van der Waals surface area contributed by atoms with Crippen molar-refractivity contribution in [2.75, 3.05) is 12.8 Å². The van der Waals surface area contributed by atoms with E-state index >= 15 is 0 Å². The summed E-state index contributed by atoms with van der Waals surface area (Å²) in [6.45, 7) is 0.580. The van der Waals surface area contributed by atoms with Crippen molar-refractivity contribution in [2.24, 2.45) is 7.05 Å². The number of hydrogen-bond donors (Lipinski definition) is 1. The van der Waals surface area contributed by atoms with Crippen molar-refractivity contribution in [3.8, 4) is 5.88 Å². The third-order valence-electron chi connectivity index (χ3n) is 2.90. The number of nitrogen functional groups attached to an aromatic ring is 1. The van der Waals surface area contributed by atoms with Crippen LogP contribution >= 0.6 is 0 Å². The SMILES string of the molecule is COc1ccc2nc(N)n(Cc3cnn(C)c3)c2n1. The number of hydrogen-bond acceptors (Lipinski definition) is 5. The van der Waals surface area contributed by atoms with Gasteiger partial charge in [0.15, 0.2) is 5.65 Å². The summed E-state index contributed by atoms with van der Waals surface area (Å²) >= 11 is 0. The van der Waals surface area contributed by atoms with E-state index in [0.29, 0.717) is 24.0 Å². The molecule has 98 valence electrons. The second kappa shape index (κ2) is 4.27. The maximum atomic E-state index is 5.94. The highest BCUT2D eigenvalue weighted by molar-refractivity contribution is 5.74. The number of nitrogens with two attached hydrogens (primary N) is 1. The average molecular weight is 258 g/mol. The number of ether oxygens (including phenoxy) is 1. The molecule has 3 heterocycles. The third kappa shape index (κ3) is 1.99. The van der Waals surface area contributed by atoms with Crippen LogP contribution in [0.3, 0.4) is 0 Å². The van der Waals surface area contributed by atoms with Crippen molar-refractivity contribution < 1.29 is 4.74 Å². The lowest BCUT2D eigenvalue weighted by Gasteiger charge is -2.04. The molecule has 0 spiro atoms. The van der Waals surface area contributed by atoms with E-state index in [2.05, 4.69) is 15.1 Å². The second-order valence-electron chi connectivity index (χ2n) is 4.27. The number of imidazole rings is 1. The zero-order chi connectivity index (χ0) is 13.4. The van der Waals surface area contributed by atoms with Crippen LogP contribution in [0.25, 0.3) is 11.2 Å². The summed E-state index contributed by atoms with van der Waals surface area (Å²) in [5.74, 6) is 0.972. The Kier molecular flexibility index (Phi) is 2.59. The molecule has 3 aromatic rings. The molecule has 0 aliphatic heterocycles. The summed E-state index contributed by atoms with van der Waals surface area (Å²) in [6.07, 6.45) is 3.73. The molecule has 7 nitrogen and oxygen atoms in total. The van der Waals surface area contributed by atoms with E-state index in [-0.39, 0.29) is 0 Å². The van der Waals surface area contributed by atoms with E-state index in [1.807, 2.05) is 23.9 Å². The molecule has 0 amide bonds. The van der Waals surface area contributed by atoms with Crippen LogP contribution in [0.15, 0.2) is 24.5 Å². The predicted molar refractivity (Wildman–Crippen MR) is 70.8 cm³/mol. The second-order valence-corrected chi connectivity index (χ2v) is 4.27. The van der Waals surface area contributed by atoms with Crippen LogP contribution in [0, 0.1) is 0 Å². The zero-order valence-corrected chi connectivity index (χ0v) is 10.7. The summed E-state index contributed by atoms with van der Waals surface area (Å²) < 4.78 is 8.72. The van der Waals surface area contributed by atoms with Gasteiger partial charge in [0, 0.05) is 24.9 Å². The van der Waals surface area contributed by atoms with Gasteiger partial charge in [0.1, 0.15) is 5.52 Å². The highest BCUT2D eigenvalue weighted by Crippen LogP contribution is 2.20. The molecule has 0 aliphatic rings. The molecule has 0 fully saturated rings. The smallest absolute Gasteiger partial charge is 0.215 e. The topological polar surface area (TPSA) is 83.8 Å². The number of fused-ring (bicyclic) bond motifs is 1. The van der Waals surface area contributed by atoms with Crippen LogP contribution in [0.2, 0.25) is 0 Å². The van der Waals surface area contributed by atoms with Gasteiger partial charge in [0.05, 0.1) is 19.9 Å². The molecule has 0 atom stereocenters. The van der Waals surface area contributed by atoms with Gasteiger partial charge in [0.2, 0.25) is 11.8 Å². The fourth-order valence-corrected chi connectivity index (χ4v) is 2.01. The van der Waals surface area contributed by atoms with Crippen molar-refractivity contribution in [3.05, 3.63) is 30.1 Å². The molecule has 19 heavy (non-hydrogen) atoms. The Morgan fingerprint density at radius 1 is 1.32 bits per heavy atom. The number of pyridine rings is 1. The molecule has 3 rings (SSSR count). The van der Waals surface area contributed by atoms with Gasteiger partial charge in [-0.1, -0.05) is 0 Å². The Hall–Kier alpha value is -2.57. The van der Waals surface area contributed by atoms with Crippen molar-refractivity contribution in [2.45, 2.75) is 6.54 Å². The lowest BCUT2D eigenvalue weighted by molar-refractivity contribution is 0.399. The Morgan fingerprint density at radius 3 is 2.84 bits per heavy atom. The van der Waals surface area contributed by atoms with Crippen molar-refractivity contribution >= 4 is 17.1 Å². The van der Waals surface area contributed by atoms with Gasteiger partial charge < -0.3 is 10.5 Å². The van der Waals surface area contributed by atoms with Gasteiger partial charge in [-0.3, -0.25) is 9.25 Å². The maximum Gasteiger partial charge on any atom is 0.215 e. The van der Waals surface area contributed by atoms with Crippen LogP contribution in [0.1, 0.15) is 5.56 Å². The molecular formula is C12H14N6O. The summed E-state index contributed by atoms with van der Waals surface area (Å²) in [5.41, 5.74) is 8.44. The Morgan fingerprint density at radius 2 is 2.16 bits per heavy atom. The van der Waals surface area contributed by atoms with E-state index in [9.17, 15) is 0 Å². The molecule has 0 saturated carbocycles. The summed E-state index contributed by atoms with van der Waals surface area (Å²) in [7, 11) is 3.46. The van der Waals surface area contributed by atoms with E-state index in [0.717, 1.165) is 11.1 Å². The van der Waals surface area contributed by atoms with Crippen molar-refractivity contribution in [1.82, 2.24) is 24.3 Å². The quantitative estimate of drug-likeness (QED) is 0.751. The van der Waals surface area contributed by atoms with Crippen LogP contribution in [-0.4, -0.2) is 31.4 Å². The minimum atomic E-state index is 0.430. The first-order valence-corrected chi connectivity index (χ1v) is 5.81. The Bertz CT molecular complexity index is 729. The number of rotatable bonds is 3. The molecule has 0 unspecified atom stereocenters. The highest BCUT2D eigenvalue weighted by atomic mass is 16.5. The van der Waals surface area contributed by atoms with Crippen molar-refractivity contribution in [1.29, 1.82) is 0 Å². The molecule has 0 bridgehead atoms. The summed E-state index contributed by atoms with van der Waals surface area (Å²) in [4.78, 5) is 8.68. The number of methoxy groups -OCH3 is 1. The maximum absolute atomic E-state index is 5.94. The minimum Gasteiger partial charge on any atom is -0.481 e. The largest absolute Gasteiger partial charge is 0.481 e. The van der Waals surface area contributed by atoms with Crippen molar-refractivity contribution in [3.63, 3.8) is 0 Å². The summed E-state index contributed by atoms with van der Waals surface area (Å²) in [5, 5.41) is 4.14. The Balaban J connectivity index is 2.08. The van der Waals surface area contributed by atoms with Crippen LogP contribution < -0.4 is 10.5 Å². The first-order chi connectivity index (χ1) is 9.17. The number of aromatic nitrogens is 5. The lowest BCUT2D eigenvalue weighted by atomic mass is 10.3. The fraction of sp³-hybridized carbons (Fsp3) is 0.250. The van der Waals surface area contributed by atoms with Gasteiger partial charge in [-0.2, -0.15) is 10.1 Å². The molecule has 0 aliphatic carbocycles. The number of anilines is 1. The highest BCUT2D eigenvalue weighted by Gasteiger charge is 2.11. The van der Waals surface area contributed by atoms with E-state index in [4.69, 9.17) is 10.5 Å². The van der Waals surface area contributed by atoms with E-state index < -0.39 is 0 Å². The predicted octanol–water partition coefficient (Wildman–Crippen LogP) is 0.804. The zero-order valence-electron chi connectivity index (χ0n) is 10.7. The number of nitrogens with zero attached hydrogens (tertiary/aromatic N) is 5. The van der Waals surface area contributed by atoms with Gasteiger partial charge in [-0.25, -0.2) is 4.98 Å². The minimum absolute atomic E-state index is 0.430.